The van der Waals surface area contributed by atoms with Gasteiger partial charge >= 0.3 is 11.9 Å². The van der Waals surface area contributed by atoms with Crippen LogP contribution in [0, 0.1) is 5.92 Å². The minimum Gasteiger partial charge on any atom is -0.466 e. The third-order valence-electron chi connectivity index (χ3n) is 9.79. The Morgan fingerprint density at radius 1 is 0.479 bits per heavy atom. The summed E-state index contributed by atoms with van der Waals surface area (Å²) >= 11 is 0. The van der Waals surface area contributed by atoms with Crippen LogP contribution in [0.3, 0.4) is 0 Å². The van der Waals surface area contributed by atoms with Gasteiger partial charge in [-0.3, -0.25) is 9.59 Å². The average Bonchev–Trinajstić information content (AvgIpc) is 3.08. The Morgan fingerprint density at radius 3 is 1.38 bits per heavy atom. The SMILES string of the molecule is CCCCCCCCOC(=O)CCCCCCCN(CCO)CCCCCCCCCOC(=O)C(CCCCCC)CCCCCCC. The Kier molecular flexibility index (Phi) is 37.7. The number of carbonyl (C=O) groups is 2. The first-order valence-electron chi connectivity index (χ1n) is 21.2. The Balaban J connectivity index is 3.80. The summed E-state index contributed by atoms with van der Waals surface area (Å²) in [6, 6.07) is 0. The number of aliphatic hydroxyl groups excluding tert-OH is 1. The quantitative estimate of drug-likeness (QED) is 0.0514. The van der Waals surface area contributed by atoms with Crippen molar-refractivity contribution in [2.75, 3.05) is 39.5 Å². The summed E-state index contributed by atoms with van der Waals surface area (Å²) in [6.45, 7) is 11.0. The van der Waals surface area contributed by atoms with Gasteiger partial charge in [0.05, 0.1) is 25.7 Å². The molecular formula is C42H83NO5. The molecule has 1 atom stereocenters. The van der Waals surface area contributed by atoms with Crippen molar-refractivity contribution in [3.8, 4) is 0 Å². The molecule has 0 amide bonds. The van der Waals surface area contributed by atoms with Crippen LogP contribution in [0.1, 0.15) is 213 Å². The van der Waals surface area contributed by atoms with Crippen LogP contribution < -0.4 is 0 Å². The van der Waals surface area contributed by atoms with Crippen molar-refractivity contribution in [2.24, 2.45) is 5.92 Å². The molecule has 286 valence electrons. The fraction of sp³-hybridized carbons (Fsp3) is 0.952. The van der Waals surface area contributed by atoms with E-state index < -0.39 is 0 Å². The molecule has 0 rings (SSSR count). The monoisotopic (exact) mass is 682 g/mol. The van der Waals surface area contributed by atoms with E-state index in [-0.39, 0.29) is 24.5 Å². The van der Waals surface area contributed by atoms with E-state index in [0.717, 1.165) is 90.3 Å². The minimum atomic E-state index is -0.0289. The van der Waals surface area contributed by atoms with Crippen LogP contribution in [0.25, 0.3) is 0 Å². The number of carbonyl (C=O) groups excluding carboxylic acids is 2. The van der Waals surface area contributed by atoms with Gasteiger partial charge in [-0.15, -0.1) is 0 Å². The lowest BCUT2D eigenvalue weighted by Crippen LogP contribution is -2.29. The molecule has 48 heavy (non-hydrogen) atoms. The zero-order valence-corrected chi connectivity index (χ0v) is 32.6. The second kappa shape index (κ2) is 38.7. The largest absolute Gasteiger partial charge is 0.466 e. The second-order valence-corrected chi connectivity index (χ2v) is 14.5. The number of aliphatic hydroxyl groups is 1. The lowest BCUT2D eigenvalue weighted by atomic mass is 9.94. The van der Waals surface area contributed by atoms with E-state index in [0.29, 0.717) is 19.6 Å². The fourth-order valence-corrected chi connectivity index (χ4v) is 6.56. The van der Waals surface area contributed by atoms with Crippen molar-refractivity contribution in [3.63, 3.8) is 0 Å². The van der Waals surface area contributed by atoms with Gasteiger partial charge < -0.3 is 19.5 Å². The van der Waals surface area contributed by atoms with Gasteiger partial charge in [0, 0.05) is 13.0 Å². The van der Waals surface area contributed by atoms with E-state index in [1.165, 1.54) is 116 Å². The summed E-state index contributed by atoms with van der Waals surface area (Å²) in [5.41, 5.74) is 0. The number of unbranched alkanes of at least 4 members (excludes halogenated alkanes) is 22. The van der Waals surface area contributed by atoms with Crippen molar-refractivity contribution in [1.29, 1.82) is 0 Å². The van der Waals surface area contributed by atoms with Crippen LogP contribution in [-0.4, -0.2) is 61.4 Å². The molecule has 0 aromatic heterocycles. The minimum absolute atomic E-state index is 0.0289. The molecule has 0 spiro atoms. The van der Waals surface area contributed by atoms with E-state index in [1.807, 2.05) is 0 Å². The number of ether oxygens (including phenoxy) is 2. The van der Waals surface area contributed by atoms with E-state index in [9.17, 15) is 14.7 Å². The molecule has 0 saturated heterocycles. The standard InChI is InChI=1S/C42H83NO5/c1-4-7-10-13-22-29-38-47-41(45)33-26-19-17-21-28-35-43(36-37-44)34-27-20-15-14-16-23-30-39-48-42(46)40(31-24-12-9-6-3)32-25-18-11-8-5-2/h40,44H,4-39H2,1-3H3. The van der Waals surface area contributed by atoms with Crippen LogP contribution >= 0.6 is 0 Å². The predicted octanol–water partition coefficient (Wildman–Crippen LogP) is 11.7. The number of nitrogens with zero attached hydrogens (tertiary/aromatic N) is 1. The summed E-state index contributed by atoms with van der Waals surface area (Å²) in [6.07, 6.45) is 34.8. The van der Waals surface area contributed by atoms with Crippen LogP contribution in [-0.2, 0) is 19.1 Å². The van der Waals surface area contributed by atoms with Crippen molar-refractivity contribution >= 4 is 11.9 Å². The molecule has 0 bridgehead atoms. The zero-order chi connectivity index (χ0) is 35.2. The molecule has 0 radical (unpaired) electrons. The zero-order valence-electron chi connectivity index (χ0n) is 32.6. The molecule has 1 unspecified atom stereocenters. The Morgan fingerprint density at radius 2 is 0.875 bits per heavy atom. The smallest absolute Gasteiger partial charge is 0.308 e. The van der Waals surface area contributed by atoms with Crippen molar-refractivity contribution in [2.45, 2.75) is 213 Å². The van der Waals surface area contributed by atoms with Gasteiger partial charge in [-0.1, -0.05) is 162 Å². The van der Waals surface area contributed by atoms with E-state index >= 15 is 0 Å². The lowest BCUT2D eigenvalue weighted by molar-refractivity contribution is -0.149. The first-order chi connectivity index (χ1) is 23.6. The van der Waals surface area contributed by atoms with Crippen molar-refractivity contribution in [3.05, 3.63) is 0 Å². The van der Waals surface area contributed by atoms with Gasteiger partial charge in [0.2, 0.25) is 0 Å². The van der Waals surface area contributed by atoms with E-state index in [4.69, 9.17) is 9.47 Å². The summed E-state index contributed by atoms with van der Waals surface area (Å²) < 4.78 is 11.1. The molecule has 0 aromatic rings. The Bertz CT molecular complexity index is 672. The summed E-state index contributed by atoms with van der Waals surface area (Å²) in [7, 11) is 0. The molecule has 0 aliphatic carbocycles. The maximum absolute atomic E-state index is 12.8. The summed E-state index contributed by atoms with van der Waals surface area (Å²) in [5.74, 6) is 0.139. The molecule has 0 saturated carbocycles. The molecule has 1 N–H and O–H groups in total. The third kappa shape index (κ3) is 33.4. The number of hydrogen-bond acceptors (Lipinski definition) is 6. The van der Waals surface area contributed by atoms with E-state index in [2.05, 4.69) is 25.7 Å². The van der Waals surface area contributed by atoms with Gasteiger partial charge in [-0.05, 0) is 58.0 Å². The van der Waals surface area contributed by atoms with Gasteiger partial charge in [-0.2, -0.15) is 0 Å². The number of hydrogen-bond donors (Lipinski definition) is 1. The maximum Gasteiger partial charge on any atom is 0.308 e. The van der Waals surface area contributed by atoms with Gasteiger partial charge in [0.25, 0.3) is 0 Å². The fourth-order valence-electron chi connectivity index (χ4n) is 6.56. The molecule has 0 aliphatic heterocycles. The highest BCUT2D eigenvalue weighted by Gasteiger charge is 2.19. The lowest BCUT2D eigenvalue weighted by Gasteiger charge is -2.21. The number of rotatable bonds is 39. The highest BCUT2D eigenvalue weighted by atomic mass is 16.5. The van der Waals surface area contributed by atoms with Crippen molar-refractivity contribution < 1.29 is 24.2 Å². The van der Waals surface area contributed by atoms with Gasteiger partial charge in [-0.25, -0.2) is 0 Å². The highest BCUT2D eigenvalue weighted by molar-refractivity contribution is 5.72. The summed E-state index contributed by atoms with van der Waals surface area (Å²) in [5, 5.41) is 9.50. The molecule has 0 aliphatic rings. The molecule has 0 aromatic carbocycles. The topological polar surface area (TPSA) is 76.1 Å². The Labute approximate surface area is 299 Å². The van der Waals surface area contributed by atoms with Gasteiger partial charge in [0.15, 0.2) is 0 Å². The Hall–Kier alpha value is -1.14. The average molecular weight is 682 g/mol. The van der Waals surface area contributed by atoms with Crippen LogP contribution in [0.2, 0.25) is 0 Å². The van der Waals surface area contributed by atoms with E-state index in [1.54, 1.807) is 0 Å². The van der Waals surface area contributed by atoms with Crippen LogP contribution in [0.5, 0.6) is 0 Å². The molecule has 6 nitrogen and oxygen atoms in total. The van der Waals surface area contributed by atoms with Crippen LogP contribution in [0.15, 0.2) is 0 Å². The number of esters is 2. The first kappa shape index (κ1) is 46.9. The maximum atomic E-state index is 12.8. The third-order valence-corrected chi connectivity index (χ3v) is 9.79. The second-order valence-electron chi connectivity index (χ2n) is 14.5. The predicted molar refractivity (Wildman–Crippen MR) is 204 cm³/mol. The van der Waals surface area contributed by atoms with Crippen LogP contribution in [0.4, 0.5) is 0 Å². The molecule has 0 fully saturated rings. The van der Waals surface area contributed by atoms with Crippen molar-refractivity contribution in [1.82, 2.24) is 4.90 Å². The highest BCUT2D eigenvalue weighted by Crippen LogP contribution is 2.21. The normalized spacial score (nSPS) is 12.1. The molecule has 6 heteroatoms. The van der Waals surface area contributed by atoms with Gasteiger partial charge in [0.1, 0.15) is 0 Å². The molecule has 0 heterocycles. The first-order valence-corrected chi connectivity index (χ1v) is 21.2. The molecular weight excluding hydrogens is 598 g/mol. The summed E-state index contributed by atoms with van der Waals surface area (Å²) in [4.78, 5) is 27.1.